The van der Waals surface area contributed by atoms with E-state index in [1.165, 1.54) is 0 Å². The molecule has 1 fully saturated rings. The van der Waals surface area contributed by atoms with E-state index >= 15 is 0 Å². The largest absolute Gasteiger partial charge is 0.476 e. The summed E-state index contributed by atoms with van der Waals surface area (Å²) in [4.78, 5) is 6.46. The molecule has 1 aliphatic rings. The van der Waals surface area contributed by atoms with Gasteiger partial charge in [0.25, 0.3) is 0 Å². The normalized spacial score (nSPS) is 17.2. The first kappa shape index (κ1) is 15.9. The molecule has 0 aliphatic heterocycles. The summed E-state index contributed by atoms with van der Waals surface area (Å²) in [5.41, 5.74) is 5.87. The summed E-state index contributed by atoms with van der Waals surface area (Å²) >= 11 is 0. The molecular weight excluding hydrogens is 266 g/mol. The summed E-state index contributed by atoms with van der Waals surface area (Å²) in [6.07, 6.45) is 3.93. The van der Waals surface area contributed by atoms with Crippen LogP contribution in [-0.2, 0) is 0 Å². The van der Waals surface area contributed by atoms with Gasteiger partial charge < -0.3 is 20.5 Å². The van der Waals surface area contributed by atoms with Gasteiger partial charge >= 0.3 is 0 Å². The standard InChI is InChI=1S/C16H27N3O2/c1-12(2)10-21-15-13(17)6-7-14(18-15)19(3)11-16(20)8-4-5-9-16/h6-7,12,20H,4-5,8-11,17H2,1-3H3. The monoisotopic (exact) mass is 293 g/mol. The lowest BCUT2D eigenvalue weighted by atomic mass is 10.0. The predicted octanol–water partition coefficient (Wildman–Crippen LogP) is 2.44. The Hall–Kier alpha value is -1.49. The molecule has 0 bridgehead atoms. The Labute approximate surface area is 127 Å². The van der Waals surface area contributed by atoms with E-state index in [-0.39, 0.29) is 0 Å². The summed E-state index contributed by atoms with van der Waals surface area (Å²) in [5, 5.41) is 10.5. The molecule has 0 amide bonds. The van der Waals surface area contributed by atoms with Gasteiger partial charge in [-0.3, -0.25) is 0 Å². The smallest absolute Gasteiger partial charge is 0.239 e. The van der Waals surface area contributed by atoms with Gasteiger partial charge in [-0.2, -0.15) is 4.98 Å². The fourth-order valence-corrected chi connectivity index (χ4v) is 2.73. The molecule has 5 nitrogen and oxygen atoms in total. The second kappa shape index (κ2) is 6.52. The number of anilines is 2. The highest BCUT2D eigenvalue weighted by atomic mass is 16.5. The molecule has 0 atom stereocenters. The quantitative estimate of drug-likeness (QED) is 0.843. The highest BCUT2D eigenvalue weighted by molar-refractivity contribution is 5.54. The minimum Gasteiger partial charge on any atom is -0.476 e. The van der Waals surface area contributed by atoms with Crippen molar-refractivity contribution in [3.05, 3.63) is 12.1 Å². The maximum Gasteiger partial charge on any atom is 0.239 e. The van der Waals surface area contributed by atoms with Crippen LogP contribution >= 0.6 is 0 Å². The van der Waals surface area contributed by atoms with Gasteiger partial charge in [0.15, 0.2) is 0 Å². The number of rotatable bonds is 6. The first-order chi connectivity index (χ1) is 9.89. The van der Waals surface area contributed by atoms with Gasteiger partial charge in [0.05, 0.1) is 17.9 Å². The van der Waals surface area contributed by atoms with Crippen molar-refractivity contribution < 1.29 is 9.84 Å². The predicted molar refractivity (Wildman–Crippen MR) is 85.7 cm³/mol. The molecule has 1 heterocycles. The van der Waals surface area contributed by atoms with Gasteiger partial charge in [0.1, 0.15) is 5.82 Å². The zero-order chi connectivity index (χ0) is 15.5. The second-order valence-corrected chi connectivity index (χ2v) is 6.56. The number of aromatic nitrogens is 1. The van der Waals surface area contributed by atoms with Crippen LogP contribution in [0, 0.1) is 5.92 Å². The average molecular weight is 293 g/mol. The van der Waals surface area contributed by atoms with Crippen molar-refractivity contribution in [3.8, 4) is 5.88 Å². The van der Waals surface area contributed by atoms with Crippen LogP contribution in [0.4, 0.5) is 11.5 Å². The Kier molecular flexibility index (Phi) is 4.93. The molecule has 1 aromatic heterocycles. The van der Waals surface area contributed by atoms with Crippen molar-refractivity contribution >= 4 is 11.5 Å². The lowest BCUT2D eigenvalue weighted by Gasteiger charge is -2.29. The maximum atomic E-state index is 10.5. The summed E-state index contributed by atoms with van der Waals surface area (Å²) in [6, 6.07) is 3.68. The van der Waals surface area contributed by atoms with Crippen LogP contribution in [0.15, 0.2) is 12.1 Å². The number of nitrogen functional groups attached to an aromatic ring is 1. The average Bonchev–Trinajstić information content (AvgIpc) is 2.84. The maximum absolute atomic E-state index is 10.5. The Morgan fingerprint density at radius 1 is 1.38 bits per heavy atom. The van der Waals surface area contributed by atoms with E-state index in [0.717, 1.165) is 31.5 Å². The van der Waals surface area contributed by atoms with Gasteiger partial charge in [-0.1, -0.05) is 26.7 Å². The number of nitrogens with zero attached hydrogens (tertiary/aromatic N) is 2. The Balaban J connectivity index is 2.06. The topological polar surface area (TPSA) is 71.6 Å². The lowest BCUT2D eigenvalue weighted by Crippen LogP contribution is -2.39. The van der Waals surface area contributed by atoms with Crippen molar-refractivity contribution in [1.29, 1.82) is 0 Å². The van der Waals surface area contributed by atoms with Crippen molar-refractivity contribution in [2.24, 2.45) is 5.92 Å². The first-order valence-corrected chi connectivity index (χ1v) is 7.72. The minimum atomic E-state index is -0.587. The van der Waals surface area contributed by atoms with Crippen molar-refractivity contribution in [2.45, 2.75) is 45.1 Å². The lowest BCUT2D eigenvalue weighted by molar-refractivity contribution is 0.0557. The van der Waals surface area contributed by atoms with E-state index in [9.17, 15) is 5.11 Å². The van der Waals surface area contributed by atoms with Crippen LogP contribution in [0.5, 0.6) is 5.88 Å². The molecule has 21 heavy (non-hydrogen) atoms. The third-order valence-electron chi connectivity index (χ3n) is 3.89. The van der Waals surface area contributed by atoms with Crippen LogP contribution in [0.3, 0.4) is 0 Å². The van der Waals surface area contributed by atoms with Gasteiger partial charge in [0.2, 0.25) is 5.88 Å². The van der Waals surface area contributed by atoms with Crippen LogP contribution in [0.2, 0.25) is 0 Å². The summed E-state index contributed by atoms with van der Waals surface area (Å²) in [6.45, 7) is 5.35. The molecule has 0 aromatic carbocycles. The van der Waals surface area contributed by atoms with Gasteiger partial charge in [0, 0.05) is 13.6 Å². The van der Waals surface area contributed by atoms with Crippen molar-refractivity contribution in [2.75, 3.05) is 30.8 Å². The molecular formula is C16H27N3O2. The highest BCUT2D eigenvalue weighted by Gasteiger charge is 2.32. The fourth-order valence-electron chi connectivity index (χ4n) is 2.73. The Morgan fingerprint density at radius 2 is 2.05 bits per heavy atom. The third-order valence-corrected chi connectivity index (χ3v) is 3.89. The van der Waals surface area contributed by atoms with E-state index in [0.29, 0.717) is 30.6 Å². The van der Waals surface area contributed by atoms with E-state index < -0.39 is 5.60 Å². The van der Waals surface area contributed by atoms with Crippen LogP contribution < -0.4 is 15.4 Å². The molecule has 1 saturated carbocycles. The Bertz CT molecular complexity index is 471. The molecule has 0 radical (unpaired) electrons. The second-order valence-electron chi connectivity index (χ2n) is 6.56. The SMILES string of the molecule is CC(C)COc1nc(N(C)CC2(O)CCCC2)ccc1N. The van der Waals surface area contributed by atoms with Gasteiger partial charge in [-0.25, -0.2) is 0 Å². The van der Waals surface area contributed by atoms with Crippen LogP contribution in [-0.4, -0.2) is 35.9 Å². The number of hydrogen-bond acceptors (Lipinski definition) is 5. The third kappa shape index (κ3) is 4.24. The van der Waals surface area contributed by atoms with Crippen molar-refractivity contribution in [1.82, 2.24) is 4.98 Å². The number of pyridine rings is 1. The van der Waals surface area contributed by atoms with Crippen LogP contribution in [0.1, 0.15) is 39.5 Å². The zero-order valence-corrected chi connectivity index (χ0v) is 13.3. The molecule has 0 spiro atoms. The summed E-state index contributed by atoms with van der Waals surface area (Å²) < 4.78 is 5.66. The number of aliphatic hydroxyl groups is 1. The summed E-state index contributed by atoms with van der Waals surface area (Å²) in [7, 11) is 1.95. The summed E-state index contributed by atoms with van der Waals surface area (Å²) in [5.74, 6) is 1.68. The van der Waals surface area contributed by atoms with E-state index in [1.54, 1.807) is 0 Å². The molecule has 1 aromatic rings. The van der Waals surface area contributed by atoms with E-state index in [4.69, 9.17) is 10.5 Å². The van der Waals surface area contributed by atoms with E-state index in [1.807, 2.05) is 24.1 Å². The molecule has 1 aliphatic carbocycles. The molecule has 3 N–H and O–H groups in total. The zero-order valence-electron chi connectivity index (χ0n) is 13.3. The molecule has 0 unspecified atom stereocenters. The molecule has 118 valence electrons. The number of likely N-dealkylation sites (N-methyl/N-ethyl adjacent to an activating group) is 1. The van der Waals surface area contributed by atoms with Gasteiger partial charge in [-0.15, -0.1) is 0 Å². The highest BCUT2D eigenvalue weighted by Crippen LogP contribution is 2.31. The van der Waals surface area contributed by atoms with Crippen molar-refractivity contribution in [3.63, 3.8) is 0 Å². The number of ether oxygens (including phenoxy) is 1. The fraction of sp³-hybridized carbons (Fsp3) is 0.688. The van der Waals surface area contributed by atoms with Gasteiger partial charge in [-0.05, 0) is 30.9 Å². The number of nitrogens with two attached hydrogens (primary N) is 1. The Morgan fingerprint density at radius 3 is 2.67 bits per heavy atom. The molecule has 5 heteroatoms. The van der Waals surface area contributed by atoms with Crippen LogP contribution in [0.25, 0.3) is 0 Å². The number of hydrogen-bond donors (Lipinski definition) is 2. The molecule has 2 rings (SSSR count). The molecule has 0 saturated heterocycles. The minimum absolute atomic E-state index is 0.423. The van der Waals surface area contributed by atoms with E-state index in [2.05, 4.69) is 18.8 Å². The first-order valence-electron chi connectivity index (χ1n) is 7.72.